The lowest BCUT2D eigenvalue weighted by Crippen LogP contribution is -2.52. The van der Waals surface area contributed by atoms with Crippen molar-refractivity contribution >= 4 is 27.3 Å². The van der Waals surface area contributed by atoms with Gasteiger partial charge in [-0.1, -0.05) is 0 Å². The third-order valence-corrected chi connectivity index (χ3v) is 8.46. The molecule has 1 aliphatic heterocycles. The molecule has 0 N–H and O–H groups in total. The minimum Gasteiger partial charge on any atom is -0.497 e. The molecule has 1 fully saturated rings. The number of rotatable bonds is 10. The zero-order valence-electron chi connectivity index (χ0n) is 22.8. The third kappa shape index (κ3) is 6.01. The van der Waals surface area contributed by atoms with Crippen LogP contribution in [0.2, 0.25) is 0 Å². The number of benzene rings is 3. The molecule has 0 atom stereocenters. The summed E-state index contributed by atoms with van der Waals surface area (Å²) in [7, 11) is 1.45. The Morgan fingerprint density at radius 1 is 0.800 bits per heavy atom. The summed E-state index contributed by atoms with van der Waals surface area (Å²) < 4.78 is 63.9. The fraction of sp³-hybridized carbons (Fsp3) is 0.321. The number of nitrogens with zero attached hydrogens (tertiary/aromatic N) is 3. The van der Waals surface area contributed by atoms with Crippen LogP contribution >= 0.6 is 0 Å². The van der Waals surface area contributed by atoms with Crippen LogP contribution in [0, 0.1) is 5.82 Å². The number of hydrogen-bond acceptors (Lipinski definition) is 8. The molecule has 0 saturated carbocycles. The average Bonchev–Trinajstić information content (AvgIpc) is 2.99. The van der Waals surface area contributed by atoms with Gasteiger partial charge in [0.1, 0.15) is 23.9 Å². The first-order valence-electron chi connectivity index (χ1n) is 12.5. The Morgan fingerprint density at radius 2 is 1.43 bits per heavy atom. The number of ether oxygens (including phenoxy) is 4. The molecule has 0 radical (unpaired) electrons. The molecular weight excluding hydrogens is 541 g/mol. The number of methoxy groups -OCH3 is 4. The van der Waals surface area contributed by atoms with Gasteiger partial charge in [-0.05, 0) is 48.5 Å². The van der Waals surface area contributed by atoms with E-state index in [2.05, 4.69) is 0 Å². The van der Waals surface area contributed by atoms with E-state index in [1.807, 2.05) is 4.90 Å². The van der Waals surface area contributed by atoms with Crippen LogP contribution in [0.15, 0.2) is 65.6 Å². The molecule has 3 aromatic carbocycles. The summed E-state index contributed by atoms with van der Waals surface area (Å²) in [6.07, 6.45) is 0. The molecule has 3 aromatic rings. The minimum absolute atomic E-state index is 0.0936. The maximum atomic E-state index is 14.1. The standard InChI is InChI=1S/C28H32FN3O7S/c1-36-22-9-11-25(37-2)24(17-22)32(40(34,35)23-10-12-26(38-3)27(18-23)39-4)19-28(33)31-15-13-30(14-16-31)21-7-5-20(29)6-8-21/h5-12,17-18H,13-16,19H2,1-4H3. The molecule has 40 heavy (non-hydrogen) atoms. The van der Waals surface area contributed by atoms with E-state index in [4.69, 9.17) is 18.9 Å². The van der Waals surface area contributed by atoms with Crippen LogP contribution in [0.3, 0.4) is 0 Å². The third-order valence-electron chi connectivity index (χ3n) is 6.70. The number of carbonyl (C=O) groups is 1. The first-order valence-corrected chi connectivity index (χ1v) is 13.9. The van der Waals surface area contributed by atoms with Gasteiger partial charge < -0.3 is 28.7 Å². The van der Waals surface area contributed by atoms with Gasteiger partial charge in [0.25, 0.3) is 10.0 Å². The van der Waals surface area contributed by atoms with E-state index >= 15 is 0 Å². The molecule has 1 aliphatic rings. The Balaban J connectivity index is 1.65. The normalized spacial score (nSPS) is 13.5. The van der Waals surface area contributed by atoms with E-state index in [-0.39, 0.29) is 33.8 Å². The molecular formula is C28H32FN3O7S. The topological polar surface area (TPSA) is 97.9 Å². The fourth-order valence-electron chi connectivity index (χ4n) is 4.48. The lowest BCUT2D eigenvalue weighted by molar-refractivity contribution is -0.129. The summed E-state index contributed by atoms with van der Waals surface area (Å²) in [5, 5.41) is 0. The highest BCUT2D eigenvalue weighted by molar-refractivity contribution is 7.92. The summed E-state index contributed by atoms with van der Waals surface area (Å²) in [5.74, 6) is 0.530. The molecule has 10 nitrogen and oxygen atoms in total. The van der Waals surface area contributed by atoms with E-state index in [0.717, 1.165) is 9.99 Å². The predicted octanol–water partition coefficient (Wildman–Crippen LogP) is 3.40. The van der Waals surface area contributed by atoms with Gasteiger partial charge in [-0.2, -0.15) is 0 Å². The number of hydrogen-bond donors (Lipinski definition) is 0. The quantitative estimate of drug-likeness (QED) is 0.364. The predicted molar refractivity (Wildman–Crippen MR) is 149 cm³/mol. The van der Waals surface area contributed by atoms with Crippen molar-refractivity contribution in [3.8, 4) is 23.0 Å². The van der Waals surface area contributed by atoms with Gasteiger partial charge in [0.15, 0.2) is 11.5 Å². The van der Waals surface area contributed by atoms with Gasteiger partial charge in [0.05, 0.1) is 39.0 Å². The molecule has 1 amide bonds. The highest BCUT2D eigenvalue weighted by Crippen LogP contribution is 2.37. The van der Waals surface area contributed by atoms with E-state index in [0.29, 0.717) is 37.7 Å². The molecule has 214 valence electrons. The second kappa shape index (κ2) is 12.3. The van der Waals surface area contributed by atoms with Gasteiger partial charge in [-0.15, -0.1) is 0 Å². The van der Waals surface area contributed by atoms with Crippen LogP contribution in [0.25, 0.3) is 0 Å². The Kier molecular flexibility index (Phi) is 8.88. The van der Waals surface area contributed by atoms with Crippen LogP contribution in [0.5, 0.6) is 23.0 Å². The SMILES string of the molecule is COc1ccc(OC)c(N(CC(=O)N2CCN(c3ccc(F)cc3)CC2)S(=O)(=O)c2ccc(OC)c(OC)c2)c1. The number of carbonyl (C=O) groups excluding carboxylic acids is 1. The van der Waals surface area contributed by atoms with E-state index < -0.39 is 16.6 Å². The second-order valence-electron chi connectivity index (χ2n) is 8.91. The molecule has 0 aromatic heterocycles. The molecule has 1 saturated heterocycles. The Labute approximate surface area is 233 Å². The maximum Gasteiger partial charge on any atom is 0.265 e. The first-order chi connectivity index (χ1) is 19.2. The van der Waals surface area contributed by atoms with Gasteiger partial charge >= 0.3 is 0 Å². The fourth-order valence-corrected chi connectivity index (χ4v) is 5.92. The Hall–Kier alpha value is -4.19. The van der Waals surface area contributed by atoms with E-state index in [1.165, 1.54) is 64.8 Å². The molecule has 0 spiro atoms. The lowest BCUT2D eigenvalue weighted by atomic mass is 10.2. The minimum atomic E-state index is -4.29. The smallest absolute Gasteiger partial charge is 0.265 e. The molecule has 1 heterocycles. The summed E-state index contributed by atoms with van der Waals surface area (Å²) in [5.41, 5.74) is 1.00. The van der Waals surface area contributed by atoms with Crippen molar-refractivity contribution in [2.45, 2.75) is 4.90 Å². The first kappa shape index (κ1) is 28.8. The number of sulfonamides is 1. The number of halogens is 1. The van der Waals surface area contributed by atoms with E-state index in [1.54, 1.807) is 29.2 Å². The Morgan fingerprint density at radius 3 is 2.02 bits per heavy atom. The molecule has 12 heteroatoms. The van der Waals surface area contributed by atoms with Crippen LogP contribution in [0.1, 0.15) is 0 Å². The van der Waals surface area contributed by atoms with Crippen molar-refractivity contribution in [2.75, 3.05) is 70.4 Å². The van der Waals surface area contributed by atoms with Crippen molar-refractivity contribution in [3.63, 3.8) is 0 Å². The number of piperazine rings is 1. The van der Waals surface area contributed by atoms with Gasteiger partial charge in [-0.25, -0.2) is 12.8 Å². The summed E-state index contributed by atoms with van der Waals surface area (Å²) in [6, 6.07) is 15.1. The monoisotopic (exact) mass is 573 g/mol. The highest BCUT2D eigenvalue weighted by atomic mass is 32.2. The van der Waals surface area contributed by atoms with Crippen molar-refractivity contribution in [3.05, 3.63) is 66.5 Å². The zero-order chi connectivity index (χ0) is 28.9. The molecule has 0 bridgehead atoms. The van der Waals surface area contributed by atoms with Crippen LogP contribution < -0.4 is 28.2 Å². The highest BCUT2D eigenvalue weighted by Gasteiger charge is 2.33. The second-order valence-corrected chi connectivity index (χ2v) is 10.8. The average molecular weight is 574 g/mol. The van der Waals surface area contributed by atoms with E-state index in [9.17, 15) is 17.6 Å². The van der Waals surface area contributed by atoms with Crippen molar-refractivity contribution in [1.29, 1.82) is 0 Å². The zero-order valence-corrected chi connectivity index (χ0v) is 23.6. The van der Waals surface area contributed by atoms with Gasteiger partial charge in [0.2, 0.25) is 5.91 Å². The van der Waals surface area contributed by atoms with Crippen molar-refractivity contribution in [2.24, 2.45) is 0 Å². The number of anilines is 2. The number of amides is 1. The summed E-state index contributed by atoms with van der Waals surface area (Å²) in [4.78, 5) is 17.1. The van der Waals surface area contributed by atoms with Crippen LogP contribution in [0.4, 0.5) is 15.8 Å². The lowest BCUT2D eigenvalue weighted by Gasteiger charge is -2.37. The molecule has 4 rings (SSSR count). The van der Waals surface area contributed by atoms with Gasteiger partial charge in [-0.3, -0.25) is 9.10 Å². The largest absolute Gasteiger partial charge is 0.497 e. The van der Waals surface area contributed by atoms with Crippen LogP contribution in [-0.4, -0.2) is 80.4 Å². The Bertz CT molecular complexity index is 1440. The van der Waals surface area contributed by atoms with Gasteiger partial charge in [0, 0.05) is 44.0 Å². The maximum absolute atomic E-state index is 14.1. The summed E-state index contributed by atoms with van der Waals surface area (Å²) >= 11 is 0. The summed E-state index contributed by atoms with van der Waals surface area (Å²) in [6.45, 7) is 1.30. The molecule has 0 unspecified atom stereocenters. The van der Waals surface area contributed by atoms with Crippen molar-refractivity contribution < 1.29 is 36.6 Å². The van der Waals surface area contributed by atoms with Crippen LogP contribution in [-0.2, 0) is 14.8 Å². The molecule has 0 aliphatic carbocycles. The van der Waals surface area contributed by atoms with Crippen molar-refractivity contribution in [1.82, 2.24) is 4.90 Å².